The SMILES string of the molecule is O=C(O)[C@H](O)[C@H](O)[C@H](O)C(O)Cl. The van der Waals surface area contributed by atoms with E-state index in [0.717, 1.165) is 0 Å². The molecule has 72 valence electrons. The third-order valence-corrected chi connectivity index (χ3v) is 1.47. The van der Waals surface area contributed by atoms with E-state index in [4.69, 9.17) is 37.1 Å². The molecule has 7 heteroatoms. The molecule has 5 N–H and O–H groups in total. The maximum absolute atomic E-state index is 10.0. The van der Waals surface area contributed by atoms with Gasteiger partial charge in [0, 0.05) is 0 Å². The first-order chi connectivity index (χ1) is 5.37. The van der Waals surface area contributed by atoms with Crippen molar-refractivity contribution >= 4 is 17.6 Å². The van der Waals surface area contributed by atoms with Gasteiger partial charge in [0.1, 0.15) is 12.2 Å². The lowest BCUT2D eigenvalue weighted by Gasteiger charge is -2.20. The zero-order chi connectivity index (χ0) is 9.89. The predicted molar refractivity (Wildman–Crippen MR) is 37.5 cm³/mol. The molecule has 0 aromatic heterocycles. The number of aliphatic carboxylic acids is 1. The van der Waals surface area contributed by atoms with Crippen LogP contribution < -0.4 is 0 Å². The molecule has 6 nitrogen and oxygen atoms in total. The molecule has 0 aromatic carbocycles. The van der Waals surface area contributed by atoms with Crippen molar-refractivity contribution in [2.24, 2.45) is 0 Å². The van der Waals surface area contributed by atoms with E-state index in [-0.39, 0.29) is 0 Å². The van der Waals surface area contributed by atoms with Crippen LogP contribution in [-0.2, 0) is 4.79 Å². The lowest BCUT2D eigenvalue weighted by atomic mass is 10.1. The summed E-state index contributed by atoms with van der Waals surface area (Å²) in [5.41, 5.74) is -1.82. The van der Waals surface area contributed by atoms with Crippen LogP contribution >= 0.6 is 11.6 Å². The molecule has 1 unspecified atom stereocenters. The van der Waals surface area contributed by atoms with Gasteiger partial charge in [0.25, 0.3) is 0 Å². The number of alkyl halides is 1. The zero-order valence-electron chi connectivity index (χ0n) is 5.83. The van der Waals surface area contributed by atoms with Gasteiger partial charge in [-0.05, 0) is 0 Å². The van der Waals surface area contributed by atoms with E-state index in [1.807, 2.05) is 0 Å². The number of hydrogen-bond acceptors (Lipinski definition) is 5. The zero-order valence-corrected chi connectivity index (χ0v) is 6.59. The van der Waals surface area contributed by atoms with Gasteiger partial charge in [0.05, 0.1) is 0 Å². The molecule has 0 bridgehead atoms. The van der Waals surface area contributed by atoms with Gasteiger partial charge in [0.2, 0.25) is 0 Å². The molecule has 0 fully saturated rings. The molecular weight excluding hydrogens is 192 g/mol. The van der Waals surface area contributed by atoms with Gasteiger partial charge in [-0.3, -0.25) is 0 Å². The van der Waals surface area contributed by atoms with Crippen molar-refractivity contribution in [3.8, 4) is 0 Å². The van der Waals surface area contributed by atoms with E-state index < -0.39 is 29.8 Å². The van der Waals surface area contributed by atoms with Crippen molar-refractivity contribution in [1.82, 2.24) is 0 Å². The highest BCUT2D eigenvalue weighted by atomic mass is 35.5. The molecule has 0 heterocycles. The summed E-state index contributed by atoms with van der Waals surface area (Å²) in [6, 6.07) is 0. The Balaban J connectivity index is 4.18. The maximum atomic E-state index is 10.0. The topological polar surface area (TPSA) is 118 Å². The van der Waals surface area contributed by atoms with Crippen LogP contribution in [0.25, 0.3) is 0 Å². The van der Waals surface area contributed by atoms with Gasteiger partial charge in [-0.2, -0.15) is 0 Å². The number of rotatable bonds is 4. The second-order valence-electron chi connectivity index (χ2n) is 2.14. The molecular formula is C5H9ClO6. The van der Waals surface area contributed by atoms with E-state index in [1.165, 1.54) is 0 Å². The van der Waals surface area contributed by atoms with Gasteiger partial charge in [-0.1, -0.05) is 11.6 Å². The van der Waals surface area contributed by atoms with Crippen LogP contribution in [0.1, 0.15) is 0 Å². The summed E-state index contributed by atoms with van der Waals surface area (Å²) in [4.78, 5) is 10.0. The monoisotopic (exact) mass is 200 g/mol. The van der Waals surface area contributed by atoms with Gasteiger partial charge >= 0.3 is 5.97 Å². The van der Waals surface area contributed by atoms with E-state index in [0.29, 0.717) is 0 Å². The van der Waals surface area contributed by atoms with Crippen LogP contribution in [0.15, 0.2) is 0 Å². The molecule has 0 rings (SSSR count). The van der Waals surface area contributed by atoms with Gasteiger partial charge < -0.3 is 25.5 Å². The fourth-order valence-corrected chi connectivity index (χ4v) is 0.645. The highest BCUT2D eigenvalue weighted by Crippen LogP contribution is 2.07. The van der Waals surface area contributed by atoms with Crippen LogP contribution in [0.3, 0.4) is 0 Å². The Kier molecular flexibility index (Phi) is 4.43. The number of hydrogen-bond donors (Lipinski definition) is 5. The molecule has 0 spiro atoms. The lowest BCUT2D eigenvalue weighted by Crippen LogP contribution is -2.46. The van der Waals surface area contributed by atoms with Gasteiger partial charge in [-0.15, -0.1) is 0 Å². The number of aliphatic hydroxyl groups excluding tert-OH is 4. The van der Waals surface area contributed by atoms with Crippen molar-refractivity contribution in [2.75, 3.05) is 0 Å². The molecule has 4 atom stereocenters. The number of halogens is 1. The minimum Gasteiger partial charge on any atom is -0.479 e. The number of aliphatic hydroxyl groups is 4. The third-order valence-electron chi connectivity index (χ3n) is 1.21. The van der Waals surface area contributed by atoms with Crippen LogP contribution in [0.5, 0.6) is 0 Å². The fraction of sp³-hybridized carbons (Fsp3) is 0.800. The van der Waals surface area contributed by atoms with Crippen LogP contribution in [0, 0.1) is 0 Å². The smallest absolute Gasteiger partial charge is 0.335 e. The van der Waals surface area contributed by atoms with Crippen LogP contribution in [0.4, 0.5) is 0 Å². The Morgan fingerprint density at radius 1 is 1.08 bits per heavy atom. The summed E-state index contributed by atoms with van der Waals surface area (Å²) >= 11 is 4.91. The highest BCUT2D eigenvalue weighted by Gasteiger charge is 2.33. The first-order valence-corrected chi connectivity index (χ1v) is 3.40. The molecule has 0 aliphatic heterocycles. The van der Waals surface area contributed by atoms with E-state index in [9.17, 15) is 4.79 Å². The Hall–Kier alpha value is -0.400. The van der Waals surface area contributed by atoms with E-state index in [2.05, 4.69) is 0 Å². The molecule has 12 heavy (non-hydrogen) atoms. The minimum absolute atomic E-state index is 1.71. The van der Waals surface area contributed by atoms with Gasteiger partial charge in [0.15, 0.2) is 11.7 Å². The Labute approximate surface area is 72.6 Å². The molecule has 0 radical (unpaired) electrons. The summed E-state index contributed by atoms with van der Waals surface area (Å²) in [6.45, 7) is 0. The first-order valence-electron chi connectivity index (χ1n) is 2.97. The standard InChI is InChI=1S/C5H9ClO6/c6-4(10)2(8)1(7)3(9)5(11)12/h1-4,7-10H,(H,11,12)/t1-,2+,3-,4?/m1/s1. The normalized spacial score (nSPS) is 21.1. The highest BCUT2D eigenvalue weighted by molar-refractivity contribution is 6.19. The molecule has 0 saturated heterocycles. The Morgan fingerprint density at radius 3 is 1.75 bits per heavy atom. The quantitative estimate of drug-likeness (QED) is 0.326. The predicted octanol–water partition coefficient (Wildman–Crippen LogP) is -2.29. The Morgan fingerprint density at radius 2 is 1.50 bits per heavy atom. The maximum Gasteiger partial charge on any atom is 0.335 e. The summed E-state index contributed by atoms with van der Waals surface area (Å²) < 4.78 is 0. The number of carbonyl (C=O) groups is 1. The van der Waals surface area contributed by atoms with Gasteiger partial charge in [-0.25, -0.2) is 4.79 Å². The summed E-state index contributed by atoms with van der Waals surface area (Å²) in [6.07, 6.45) is -6.10. The Bertz CT molecular complexity index is 160. The number of carboxylic acid groups (broad SMARTS) is 1. The van der Waals surface area contributed by atoms with Crippen molar-refractivity contribution in [1.29, 1.82) is 0 Å². The average molecular weight is 201 g/mol. The first kappa shape index (κ1) is 11.6. The summed E-state index contributed by atoms with van der Waals surface area (Å²) in [5.74, 6) is -1.71. The largest absolute Gasteiger partial charge is 0.479 e. The second kappa shape index (κ2) is 4.58. The third kappa shape index (κ3) is 2.92. The molecule has 0 aromatic rings. The van der Waals surface area contributed by atoms with Crippen LogP contribution in [-0.4, -0.2) is 55.4 Å². The van der Waals surface area contributed by atoms with Crippen molar-refractivity contribution in [3.63, 3.8) is 0 Å². The van der Waals surface area contributed by atoms with Crippen molar-refractivity contribution in [3.05, 3.63) is 0 Å². The summed E-state index contributed by atoms with van der Waals surface area (Å²) in [5, 5.41) is 42.8. The second-order valence-corrected chi connectivity index (χ2v) is 2.58. The van der Waals surface area contributed by atoms with Crippen LogP contribution in [0.2, 0.25) is 0 Å². The van der Waals surface area contributed by atoms with E-state index >= 15 is 0 Å². The minimum atomic E-state index is -2.17. The molecule has 0 aliphatic carbocycles. The molecule has 0 saturated carbocycles. The fourth-order valence-electron chi connectivity index (χ4n) is 0.496. The molecule has 0 aliphatic rings. The lowest BCUT2D eigenvalue weighted by molar-refractivity contribution is -0.160. The van der Waals surface area contributed by atoms with E-state index in [1.54, 1.807) is 0 Å². The van der Waals surface area contributed by atoms with Crippen molar-refractivity contribution in [2.45, 2.75) is 23.9 Å². The summed E-state index contributed by atoms with van der Waals surface area (Å²) in [7, 11) is 0. The average Bonchev–Trinajstić information content (AvgIpc) is 2.00. The molecule has 0 amide bonds. The number of carboxylic acids is 1. The van der Waals surface area contributed by atoms with Crippen molar-refractivity contribution < 1.29 is 30.3 Å².